The van der Waals surface area contributed by atoms with Crippen molar-refractivity contribution in [1.82, 2.24) is 4.31 Å². The fourth-order valence-corrected chi connectivity index (χ4v) is 4.22. The summed E-state index contributed by atoms with van der Waals surface area (Å²) in [5, 5.41) is 2.77. The Kier molecular flexibility index (Phi) is 7.45. The summed E-state index contributed by atoms with van der Waals surface area (Å²) >= 11 is 3.24. The average Bonchev–Trinajstić information content (AvgIpc) is 2.64. The van der Waals surface area contributed by atoms with Gasteiger partial charge >= 0.3 is 0 Å². The Morgan fingerprint density at radius 2 is 1.75 bits per heavy atom. The lowest BCUT2D eigenvalue weighted by atomic mass is 10.2. The van der Waals surface area contributed by atoms with Crippen molar-refractivity contribution in [2.75, 3.05) is 32.6 Å². The highest BCUT2D eigenvalue weighted by Crippen LogP contribution is 2.31. The molecule has 0 spiro atoms. The number of halogens is 1. The third-order valence-corrected chi connectivity index (χ3v) is 6.57. The van der Waals surface area contributed by atoms with Gasteiger partial charge in [-0.25, -0.2) is 12.7 Å². The maximum atomic E-state index is 12.8. The molecule has 152 valence electrons. The van der Waals surface area contributed by atoms with Crippen LogP contribution in [0.4, 0.5) is 5.69 Å². The molecular weight excluding hydrogens is 448 g/mol. The summed E-state index contributed by atoms with van der Waals surface area (Å²) < 4.78 is 37.4. The molecule has 1 N–H and O–H groups in total. The van der Waals surface area contributed by atoms with Crippen molar-refractivity contribution in [3.8, 4) is 11.5 Å². The van der Waals surface area contributed by atoms with Crippen LogP contribution in [0.15, 0.2) is 45.8 Å². The van der Waals surface area contributed by atoms with Crippen LogP contribution in [0.1, 0.15) is 24.2 Å². The first-order valence-corrected chi connectivity index (χ1v) is 10.9. The van der Waals surface area contributed by atoms with Gasteiger partial charge in [0.25, 0.3) is 5.91 Å². The Morgan fingerprint density at radius 3 is 2.36 bits per heavy atom. The van der Waals surface area contributed by atoms with E-state index < -0.39 is 15.9 Å². The summed E-state index contributed by atoms with van der Waals surface area (Å²) in [4.78, 5) is 12.8. The lowest BCUT2D eigenvalue weighted by Crippen LogP contribution is -2.23. The van der Waals surface area contributed by atoms with E-state index in [1.165, 1.54) is 26.2 Å². The molecule has 2 aromatic rings. The van der Waals surface area contributed by atoms with Gasteiger partial charge in [0.1, 0.15) is 11.5 Å². The minimum Gasteiger partial charge on any atom is -0.494 e. The largest absolute Gasteiger partial charge is 0.494 e. The molecule has 0 aromatic heterocycles. The van der Waals surface area contributed by atoms with Gasteiger partial charge in [0.2, 0.25) is 10.0 Å². The predicted octanol–water partition coefficient (Wildman–Crippen LogP) is 3.75. The van der Waals surface area contributed by atoms with Crippen molar-refractivity contribution < 1.29 is 22.7 Å². The number of hydrogen-bond acceptors (Lipinski definition) is 5. The summed E-state index contributed by atoms with van der Waals surface area (Å²) in [6, 6.07) is 9.55. The zero-order chi connectivity index (χ0) is 20.9. The van der Waals surface area contributed by atoms with E-state index in [0.29, 0.717) is 34.9 Å². The van der Waals surface area contributed by atoms with E-state index in [0.717, 1.165) is 4.31 Å². The van der Waals surface area contributed by atoms with Crippen LogP contribution in [0.2, 0.25) is 0 Å². The van der Waals surface area contributed by atoms with Crippen molar-refractivity contribution in [3.63, 3.8) is 0 Å². The molecule has 9 heteroatoms. The van der Waals surface area contributed by atoms with E-state index >= 15 is 0 Å². The molecule has 0 atom stereocenters. The second kappa shape index (κ2) is 9.40. The van der Waals surface area contributed by atoms with Crippen LogP contribution in [0, 0.1) is 0 Å². The first kappa shape index (κ1) is 22.2. The second-order valence-corrected chi connectivity index (χ2v) is 8.89. The monoisotopic (exact) mass is 470 g/mol. The number of carbonyl (C=O) groups excluding carboxylic acids is 1. The highest BCUT2D eigenvalue weighted by Gasteiger charge is 2.22. The number of nitrogens with one attached hydrogen (secondary N) is 1. The van der Waals surface area contributed by atoms with Gasteiger partial charge in [-0.3, -0.25) is 4.79 Å². The zero-order valence-corrected chi connectivity index (χ0v) is 18.6. The summed E-state index contributed by atoms with van der Waals surface area (Å²) in [5.74, 6) is 0.628. The number of rotatable bonds is 8. The van der Waals surface area contributed by atoms with E-state index in [4.69, 9.17) is 9.47 Å². The number of hydrogen-bond donors (Lipinski definition) is 1. The van der Waals surface area contributed by atoms with Gasteiger partial charge in [-0.15, -0.1) is 0 Å². The number of amides is 1. The van der Waals surface area contributed by atoms with E-state index in [2.05, 4.69) is 21.2 Å². The van der Waals surface area contributed by atoms with Crippen molar-refractivity contribution in [2.24, 2.45) is 0 Å². The molecule has 2 aromatic carbocycles. The van der Waals surface area contributed by atoms with Crippen LogP contribution in [0.3, 0.4) is 0 Å². The minimum atomic E-state index is -3.71. The van der Waals surface area contributed by atoms with Crippen LogP contribution >= 0.6 is 15.9 Å². The molecule has 0 saturated heterocycles. The van der Waals surface area contributed by atoms with E-state index in [1.807, 2.05) is 13.8 Å². The van der Waals surface area contributed by atoms with Gasteiger partial charge in [0, 0.05) is 30.2 Å². The summed E-state index contributed by atoms with van der Waals surface area (Å²) in [6.07, 6.45) is 0. The van der Waals surface area contributed by atoms with Crippen molar-refractivity contribution in [3.05, 3.63) is 46.4 Å². The number of carbonyl (C=O) groups is 1. The lowest BCUT2D eigenvalue weighted by molar-refractivity contribution is 0.102. The third kappa shape index (κ3) is 5.03. The van der Waals surface area contributed by atoms with E-state index in [-0.39, 0.29) is 10.5 Å². The first-order chi connectivity index (χ1) is 13.2. The molecule has 28 heavy (non-hydrogen) atoms. The Morgan fingerprint density at radius 1 is 1.07 bits per heavy atom. The van der Waals surface area contributed by atoms with Gasteiger partial charge in [-0.1, -0.05) is 0 Å². The highest BCUT2D eigenvalue weighted by molar-refractivity contribution is 9.10. The van der Waals surface area contributed by atoms with Gasteiger partial charge in [0.05, 0.1) is 23.8 Å². The van der Waals surface area contributed by atoms with Crippen molar-refractivity contribution >= 4 is 37.5 Å². The van der Waals surface area contributed by atoms with Gasteiger partial charge in [-0.05, 0) is 60.1 Å². The molecule has 0 saturated carbocycles. The zero-order valence-electron chi connectivity index (χ0n) is 16.2. The second-order valence-electron chi connectivity index (χ2n) is 5.91. The Balaban J connectivity index is 2.39. The molecule has 0 unspecified atom stereocenters. The van der Waals surface area contributed by atoms with Crippen molar-refractivity contribution in [1.29, 1.82) is 0 Å². The normalized spacial score (nSPS) is 11.4. The smallest absolute Gasteiger partial charge is 0.255 e. The lowest BCUT2D eigenvalue weighted by Gasteiger charge is -2.15. The van der Waals surface area contributed by atoms with Crippen molar-refractivity contribution in [2.45, 2.75) is 18.7 Å². The number of sulfonamides is 1. The number of benzene rings is 2. The van der Waals surface area contributed by atoms with E-state index in [9.17, 15) is 13.2 Å². The quantitative estimate of drug-likeness (QED) is 0.634. The Labute approximate surface area is 173 Å². The third-order valence-electron chi connectivity index (χ3n) is 3.76. The standard InChI is InChI=1S/C19H23BrN2O5S/c1-5-26-14-8-10-17(27-6-2)16(12-14)21-19(23)13-7-9-15(20)18(11-13)28(24,25)22(3)4/h7-12H,5-6H2,1-4H3,(H,21,23). The fraction of sp³-hybridized carbons (Fsp3) is 0.316. The molecule has 0 radical (unpaired) electrons. The molecule has 0 fully saturated rings. The summed E-state index contributed by atoms with van der Waals surface area (Å²) in [5.41, 5.74) is 0.644. The van der Waals surface area contributed by atoms with Crippen LogP contribution < -0.4 is 14.8 Å². The van der Waals surface area contributed by atoms with Gasteiger partial charge in [-0.2, -0.15) is 0 Å². The van der Waals surface area contributed by atoms with Gasteiger partial charge < -0.3 is 14.8 Å². The summed E-state index contributed by atoms with van der Waals surface area (Å²) in [7, 11) is -0.840. The predicted molar refractivity (Wildman–Crippen MR) is 112 cm³/mol. The van der Waals surface area contributed by atoms with Crippen LogP contribution in [-0.2, 0) is 10.0 Å². The number of anilines is 1. The topological polar surface area (TPSA) is 84.9 Å². The molecule has 1 amide bonds. The van der Waals surface area contributed by atoms with Crippen LogP contribution in [0.5, 0.6) is 11.5 Å². The Hall–Kier alpha value is -2.10. The average molecular weight is 471 g/mol. The number of ether oxygens (including phenoxy) is 2. The molecule has 0 heterocycles. The van der Waals surface area contributed by atoms with E-state index in [1.54, 1.807) is 24.3 Å². The number of nitrogens with zero attached hydrogens (tertiary/aromatic N) is 1. The fourth-order valence-electron chi connectivity index (χ4n) is 2.38. The molecule has 0 aliphatic carbocycles. The molecule has 0 aliphatic heterocycles. The summed E-state index contributed by atoms with van der Waals surface area (Å²) in [6.45, 7) is 4.62. The first-order valence-electron chi connectivity index (χ1n) is 8.63. The van der Waals surface area contributed by atoms with Gasteiger partial charge in [0.15, 0.2) is 0 Å². The minimum absolute atomic E-state index is 0.0123. The molecule has 0 aliphatic rings. The van der Waals surface area contributed by atoms with Crippen LogP contribution in [0.25, 0.3) is 0 Å². The SMILES string of the molecule is CCOc1ccc(OCC)c(NC(=O)c2ccc(Br)c(S(=O)(=O)N(C)C)c2)c1. The molecule has 7 nitrogen and oxygen atoms in total. The maximum Gasteiger partial charge on any atom is 0.255 e. The highest BCUT2D eigenvalue weighted by atomic mass is 79.9. The molecule has 2 rings (SSSR count). The maximum absolute atomic E-state index is 12.8. The molecular formula is C19H23BrN2O5S. The molecule has 0 bridgehead atoms. The van der Waals surface area contributed by atoms with Crippen LogP contribution in [-0.4, -0.2) is 45.9 Å². The Bertz CT molecular complexity index is 961.